The van der Waals surface area contributed by atoms with Crippen LogP contribution in [0.25, 0.3) is 0 Å². The smallest absolute Gasteiger partial charge is 0.260 e. The molecule has 4 nitrogen and oxygen atoms in total. The molecule has 0 bridgehead atoms. The van der Waals surface area contributed by atoms with Gasteiger partial charge in [0, 0.05) is 12.1 Å². The molecule has 1 aromatic carbocycles. The topological polar surface area (TPSA) is 64.3 Å². The first-order chi connectivity index (χ1) is 9.81. The summed E-state index contributed by atoms with van der Waals surface area (Å²) in [6.07, 6.45) is 0.994. The first-order valence-corrected chi connectivity index (χ1v) is 7.68. The molecule has 1 atom stereocenters. The zero-order valence-corrected chi connectivity index (χ0v) is 14.0. The fraction of sp³-hybridized carbons (Fsp3) is 0.562. The van der Waals surface area contributed by atoms with E-state index < -0.39 is 6.10 Å². The molecule has 0 spiro atoms. The first kappa shape index (κ1) is 17.8. The largest absolute Gasteiger partial charge is 0.479 e. The Bertz CT molecular complexity index is 487. The molecule has 0 aliphatic heterocycles. The molecule has 21 heavy (non-hydrogen) atoms. The molecule has 5 heteroatoms. The molecule has 0 saturated carbocycles. The van der Waals surface area contributed by atoms with Gasteiger partial charge in [-0.05, 0) is 44.4 Å². The molecule has 0 heterocycles. The highest BCUT2D eigenvalue weighted by atomic mass is 35.5. The van der Waals surface area contributed by atoms with E-state index in [4.69, 9.17) is 22.1 Å². The van der Waals surface area contributed by atoms with Gasteiger partial charge < -0.3 is 15.8 Å². The molecule has 1 unspecified atom stereocenters. The summed E-state index contributed by atoms with van der Waals surface area (Å²) in [5.74, 6) is 0.327. The third kappa shape index (κ3) is 5.21. The van der Waals surface area contributed by atoms with E-state index in [0.29, 0.717) is 17.3 Å². The van der Waals surface area contributed by atoms with Crippen molar-refractivity contribution in [3.05, 3.63) is 28.8 Å². The highest BCUT2D eigenvalue weighted by Gasteiger charge is 2.23. The second-order valence-corrected chi connectivity index (χ2v) is 5.89. The molecule has 1 aromatic rings. The predicted molar refractivity (Wildman–Crippen MR) is 86.8 cm³/mol. The molecule has 0 radical (unpaired) electrons. The van der Waals surface area contributed by atoms with Crippen LogP contribution in [0.2, 0.25) is 5.02 Å². The Balaban J connectivity index is 2.61. The Kier molecular flexibility index (Phi) is 6.49. The van der Waals surface area contributed by atoms with Gasteiger partial charge in [-0.2, -0.15) is 0 Å². The van der Waals surface area contributed by atoms with Crippen LogP contribution in [-0.4, -0.2) is 24.1 Å². The number of carbonyl (C=O) groups excluding carboxylic acids is 1. The molecule has 0 aromatic heterocycles. The molecule has 118 valence electrons. The number of aryl methyl sites for hydroxylation is 1. The van der Waals surface area contributed by atoms with Crippen LogP contribution in [-0.2, 0) is 4.79 Å². The lowest BCUT2D eigenvalue weighted by Gasteiger charge is -2.27. The number of benzene rings is 1. The zero-order valence-electron chi connectivity index (χ0n) is 13.2. The quantitative estimate of drug-likeness (QED) is 0.813. The third-order valence-electron chi connectivity index (χ3n) is 3.78. The van der Waals surface area contributed by atoms with Crippen molar-refractivity contribution in [2.45, 2.75) is 52.2 Å². The maximum absolute atomic E-state index is 12.1. The van der Waals surface area contributed by atoms with Crippen LogP contribution >= 0.6 is 11.6 Å². The van der Waals surface area contributed by atoms with E-state index in [0.717, 1.165) is 18.4 Å². The number of hydrogen-bond donors (Lipinski definition) is 2. The summed E-state index contributed by atoms with van der Waals surface area (Å²) in [5, 5.41) is 3.34. The summed E-state index contributed by atoms with van der Waals surface area (Å²) in [6.45, 7) is 8.11. The number of nitrogens with two attached hydrogens (primary N) is 1. The van der Waals surface area contributed by atoms with Gasteiger partial charge in [-0.3, -0.25) is 4.79 Å². The Morgan fingerprint density at radius 1 is 1.43 bits per heavy atom. The van der Waals surface area contributed by atoms with E-state index >= 15 is 0 Å². The van der Waals surface area contributed by atoms with E-state index in [1.54, 1.807) is 13.0 Å². The van der Waals surface area contributed by atoms with Crippen LogP contribution in [0.3, 0.4) is 0 Å². The fourth-order valence-electron chi connectivity index (χ4n) is 1.85. The average Bonchev–Trinajstić information content (AvgIpc) is 2.48. The Hall–Kier alpha value is -1.26. The number of amides is 1. The van der Waals surface area contributed by atoms with E-state index in [2.05, 4.69) is 5.32 Å². The molecular formula is C16H25ClN2O2. The zero-order chi connectivity index (χ0) is 16.0. The first-order valence-electron chi connectivity index (χ1n) is 7.30. The summed E-state index contributed by atoms with van der Waals surface area (Å²) in [6, 6.07) is 5.47. The lowest BCUT2D eigenvalue weighted by molar-refractivity contribution is -0.127. The van der Waals surface area contributed by atoms with Crippen LogP contribution < -0.4 is 15.8 Å². The number of ether oxygens (including phenoxy) is 1. The van der Waals surface area contributed by atoms with Crippen molar-refractivity contribution in [1.82, 2.24) is 5.32 Å². The number of halogens is 1. The van der Waals surface area contributed by atoms with Crippen molar-refractivity contribution < 1.29 is 9.53 Å². The maximum Gasteiger partial charge on any atom is 0.260 e. The lowest BCUT2D eigenvalue weighted by atomic mass is 9.94. The van der Waals surface area contributed by atoms with Gasteiger partial charge in [0.15, 0.2) is 6.10 Å². The number of nitrogens with one attached hydrogen (secondary N) is 1. The summed E-state index contributed by atoms with van der Waals surface area (Å²) in [5.41, 5.74) is 6.83. The van der Waals surface area contributed by atoms with Crippen LogP contribution in [0.1, 0.15) is 39.2 Å². The van der Waals surface area contributed by atoms with Gasteiger partial charge >= 0.3 is 0 Å². The van der Waals surface area contributed by atoms with Crippen LogP contribution in [0.5, 0.6) is 5.75 Å². The van der Waals surface area contributed by atoms with Gasteiger partial charge in [-0.25, -0.2) is 0 Å². The molecule has 0 aliphatic carbocycles. The van der Waals surface area contributed by atoms with Gasteiger partial charge in [-0.1, -0.05) is 31.5 Å². The molecule has 1 amide bonds. The van der Waals surface area contributed by atoms with Crippen molar-refractivity contribution in [3.8, 4) is 5.75 Å². The van der Waals surface area contributed by atoms with Crippen LogP contribution in [0.15, 0.2) is 18.2 Å². The third-order valence-corrected chi connectivity index (χ3v) is 4.09. The van der Waals surface area contributed by atoms with Gasteiger partial charge in [-0.15, -0.1) is 0 Å². The standard InChI is InChI=1S/C16H25ClN2O2/c1-5-16(18,6-2)10-19-15(20)12(4)21-14-9-11(3)7-8-13(14)17/h7-9,12H,5-6,10,18H2,1-4H3,(H,19,20). The number of hydrogen-bond acceptors (Lipinski definition) is 3. The second kappa shape index (κ2) is 7.66. The van der Waals surface area contributed by atoms with Gasteiger partial charge in [0.1, 0.15) is 5.75 Å². The van der Waals surface area contributed by atoms with Gasteiger partial charge in [0.25, 0.3) is 5.91 Å². The monoisotopic (exact) mass is 312 g/mol. The molecule has 0 saturated heterocycles. The minimum absolute atomic E-state index is 0.190. The van der Waals surface area contributed by atoms with Crippen LogP contribution in [0.4, 0.5) is 0 Å². The molecule has 0 fully saturated rings. The minimum atomic E-state index is -0.623. The Morgan fingerprint density at radius 2 is 2.05 bits per heavy atom. The van der Waals surface area contributed by atoms with Gasteiger partial charge in [0.2, 0.25) is 0 Å². The lowest BCUT2D eigenvalue weighted by Crippen LogP contribution is -2.51. The number of carbonyl (C=O) groups is 1. The van der Waals surface area contributed by atoms with E-state index in [-0.39, 0.29) is 11.4 Å². The summed E-state index contributed by atoms with van der Waals surface area (Å²) in [4.78, 5) is 12.1. The second-order valence-electron chi connectivity index (χ2n) is 5.48. The number of rotatable bonds is 7. The van der Waals surface area contributed by atoms with E-state index in [9.17, 15) is 4.79 Å². The normalized spacial score (nSPS) is 12.9. The Morgan fingerprint density at radius 3 is 2.62 bits per heavy atom. The van der Waals surface area contributed by atoms with Gasteiger partial charge in [0.05, 0.1) is 5.02 Å². The van der Waals surface area contributed by atoms with E-state index in [1.165, 1.54) is 0 Å². The molecule has 3 N–H and O–H groups in total. The highest BCUT2D eigenvalue weighted by molar-refractivity contribution is 6.32. The van der Waals surface area contributed by atoms with Crippen molar-refractivity contribution in [1.29, 1.82) is 0 Å². The van der Waals surface area contributed by atoms with Crippen molar-refractivity contribution >= 4 is 17.5 Å². The SMILES string of the molecule is CCC(N)(CC)CNC(=O)C(C)Oc1cc(C)ccc1Cl. The molecular weight excluding hydrogens is 288 g/mol. The summed E-state index contributed by atoms with van der Waals surface area (Å²) >= 11 is 6.06. The van der Waals surface area contributed by atoms with Crippen molar-refractivity contribution in [2.24, 2.45) is 5.73 Å². The fourth-order valence-corrected chi connectivity index (χ4v) is 2.01. The minimum Gasteiger partial charge on any atom is -0.479 e. The van der Waals surface area contributed by atoms with Crippen molar-refractivity contribution in [2.75, 3.05) is 6.54 Å². The highest BCUT2D eigenvalue weighted by Crippen LogP contribution is 2.26. The molecule has 0 aliphatic rings. The Labute approximate surface area is 132 Å². The van der Waals surface area contributed by atoms with E-state index in [1.807, 2.05) is 32.9 Å². The molecule has 1 rings (SSSR count). The predicted octanol–water partition coefficient (Wildman–Crippen LogP) is 3.05. The van der Waals surface area contributed by atoms with Crippen molar-refractivity contribution in [3.63, 3.8) is 0 Å². The average molecular weight is 313 g/mol. The van der Waals surface area contributed by atoms with Crippen LogP contribution in [0, 0.1) is 6.92 Å². The summed E-state index contributed by atoms with van der Waals surface area (Å²) < 4.78 is 5.64. The maximum atomic E-state index is 12.1. The summed E-state index contributed by atoms with van der Waals surface area (Å²) in [7, 11) is 0.